The van der Waals surface area contributed by atoms with Crippen LogP contribution in [0.5, 0.6) is 0 Å². The minimum absolute atomic E-state index is 0.174. The summed E-state index contributed by atoms with van der Waals surface area (Å²) in [6.45, 7) is -5.63. The highest BCUT2D eigenvalue weighted by Crippen LogP contribution is 2.40. The maximum atomic E-state index is 11.7. The van der Waals surface area contributed by atoms with Gasteiger partial charge in [-0.25, -0.2) is 0 Å². The van der Waals surface area contributed by atoms with Gasteiger partial charge >= 0.3 is 0 Å². The molecule has 3 rings (SSSR count). The molecule has 0 radical (unpaired) electrons. The summed E-state index contributed by atoms with van der Waals surface area (Å²) in [5.74, 6) is 0. The van der Waals surface area contributed by atoms with Gasteiger partial charge in [-0.15, -0.1) is 0 Å². The molecule has 1 aliphatic carbocycles. The molecule has 114 valence electrons. The molecular weight excluding hydrogens is 270 g/mol. The van der Waals surface area contributed by atoms with E-state index in [2.05, 4.69) is 0 Å². The average Bonchev–Trinajstić information content (AvgIpc) is 2.73. The fraction of sp³-hybridized carbons (Fsp3) is 0.300. The van der Waals surface area contributed by atoms with Gasteiger partial charge in [0.15, 0.2) is 0 Å². The van der Waals surface area contributed by atoms with Crippen LogP contribution in [0.3, 0.4) is 0 Å². The van der Waals surface area contributed by atoms with Crippen LogP contribution in [0.4, 0.5) is 0 Å². The predicted octanol–water partition coefficient (Wildman–Crippen LogP) is 3.75. The zero-order valence-electron chi connectivity index (χ0n) is 18.3. The molecule has 2 aromatic rings. The van der Waals surface area contributed by atoms with Crippen molar-refractivity contribution < 1.29 is 13.3 Å². The molecule has 0 unspecified atom stereocenters. The summed E-state index contributed by atoms with van der Waals surface area (Å²) in [5.41, 5.74) is 1.87. The summed E-state index contributed by atoms with van der Waals surface area (Å²) in [6, 6.07) is 15.0. The zero-order chi connectivity index (χ0) is 20.6. The lowest BCUT2D eigenvalue weighted by Crippen LogP contribution is -2.30. The second-order valence-corrected chi connectivity index (χ2v) is 5.62. The van der Waals surface area contributed by atoms with Crippen LogP contribution in [0.25, 0.3) is 12.2 Å². The molecule has 2 aromatic carbocycles. The van der Waals surface area contributed by atoms with Crippen LogP contribution < -0.4 is 0 Å². The van der Waals surface area contributed by atoms with E-state index >= 15 is 0 Å². The first-order chi connectivity index (χ1) is 13.0. The first kappa shape index (κ1) is 9.29. The van der Waals surface area contributed by atoms with Crippen LogP contribution in [-0.4, -0.2) is 30.5 Å². The highest BCUT2D eigenvalue weighted by atomic mass is 16.3. The van der Waals surface area contributed by atoms with Crippen molar-refractivity contribution in [3.05, 3.63) is 70.8 Å². The molecule has 2 heteroatoms. The molecule has 22 heavy (non-hydrogen) atoms. The molecule has 0 heterocycles. The summed E-state index contributed by atoms with van der Waals surface area (Å²) in [7, 11) is 0. The Labute approximate surface area is 141 Å². The van der Waals surface area contributed by atoms with E-state index in [1.54, 1.807) is 0 Å². The van der Waals surface area contributed by atoms with Crippen LogP contribution in [0, 0.1) is 0 Å². The van der Waals surface area contributed by atoms with Gasteiger partial charge in [-0.2, -0.15) is 0 Å². The van der Waals surface area contributed by atoms with Gasteiger partial charge in [-0.3, -0.25) is 0 Å². The maximum absolute atomic E-state index is 11.7. The van der Waals surface area contributed by atoms with Gasteiger partial charge in [0.2, 0.25) is 0 Å². The van der Waals surface area contributed by atoms with Gasteiger partial charge in [0.1, 0.15) is 5.60 Å². The molecule has 1 aliphatic rings. The lowest BCUT2D eigenvalue weighted by atomic mass is 9.80. The van der Waals surface area contributed by atoms with E-state index < -0.39 is 19.6 Å². The maximum Gasteiger partial charge on any atom is 0.116 e. The summed E-state index contributed by atoms with van der Waals surface area (Å²) in [6.07, 6.45) is 4.30. The normalized spacial score (nSPS) is 20.5. The van der Waals surface area contributed by atoms with Crippen molar-refractivity contribution in [2.45, 2.75) is 18.4 Å². The number of hydrogen-bond donors (Lipinski definition) is 1. The Morgan fingerprint density at radius 3 is 2.05 bits per heavy atom. The standard InChI is InChI=1S/C20H23NO/c1-21(2)15-7-14-20(22)18-10-5-3-8-16(18)12-13-17-9-4-6-11-19(17)20/h3-6,8-13,22H,7,14-15H2,1-2H3/i1D3,2D3. The van der Waals surface area contributed by atoms with Crippen molar-refractivity contribution in [3.8, 4) is 0 Å². The Bertz CT molecular complexity index is 808. The Hall–Kier alpha value is -1.90. The van der Waals surface area contributed by atoms with Gasteiger partial charge in [0, 0.05) is 8.22 Å². The summed E-state index contributed by atoms with van der Waals surface area (Å²) >= 11 is 0. The molecule has 0 atom stereocenters. The second kappa shape index (κ2) is 6.07. The van der Waals surface area contributed by atoms with E-state index in [4.69, 9.17) is 8.22 Å². The van der Waals surface area contributed by atoms with Crippen LogP contribution >= 0.6 is 0 Å². The van der Waals surface area contributed by atoms with Crippen LogP contribution in [-0.2, 0) is 5.60 Å². The molecule has 1 N–H and O–H groups in total. The highest BCUT2D eigenvalue weighted by Gasteiger charge is 2.35. The minimum Gasteiger partial charge on any atom is -0.380 e. The lowest BCUT2D eigenvalue weighted by molar-refractivity contribution is 0.0663. The molecule has 0 amide bonds. The van der Waals surface area contributed by atoms with Crippen molar-refractivity contribution >= 4 is 12.2 Å². The van der Waals surface area contributed by atoms with Crippen molar-refractivity contribution in [1.29, 1.82) is 0 Å². The molecule has 0 aliphatic heterocycles. The molecule has 0 saturated heterocycles. The smallest absolute Gasteiger partial charge is 0.116 e. The summed E-state index contributed by atoms with van der Waals surface area (Å²) < 4.78 is 45.1. The SMILES string of the molecule is [2H]C([2H])([2H])N(CCCC1(O)c2ccccc2C=Cc2ccccc21)C([2H])([2H])[2H]. The number of hydrogen-bond acceptors (Lipinski definition) is 2. The van der Waals surface area contributed by atoms with Crippen molar-refractivity contribution in [2.24, 2.45) is 0 Å². The van der Waals surface area contributed by atoms with Crippen LogP contribution in [0.2, 0.25) is 0 Å². The fourth-order valence-electron chi connectivity index (χ4n) is 3.12. The van der Waals surface area contributed by atoms with Crippen molar-refractivity contribution in [1.82, 2.24) is 4.90 Å². The van der Waals surface area contributed by atoms with E-state index in [9.17, 15) is 5.11 Å². The van der Waals surface area contributed by atoms with Crippen LogP contribution in [0.1, 0.15) is 43.3 Å². The first-order valence-electron chi connectivity index (χ1n) is 10.4. The van der Waals surface area contributed by atoms with Crippen molar-refractivity contribution in [2.75, 3.05) is 20.5 Å². The number of rotatable bonds is 4. The Morgan fingerprint density at radius 2 is 1.50 bits per heavy atom. The van der Waals surface area contributed by atoms with Gasteiger partial charge in [0.25, 0.3) is 0 Å². The van der Waals surface area contributed by atoms with Gasteiger partial charge in [-0.1, -0.05) is 60.7 Å². The molecule has 0 saturated carbocycles. The predicted molar refractivity (Wildman–Crippen MR) is 92.6 cm³/mol. The quantitative estimate of drug-likeness (QED) is 0.929. The van der Waals surface area contributed by atoms with Crippen LogP contribution in [0.15, 0.2) is 48.5 Å². The number of benzene rings is 2. The van der Waals surface area contributed by atoms with E-state index in [0.717, 1.165) is 22.3 Å². The second-order valence-electron chi connectivity index (χ2n) is 5.62. The summed E-state index contributed by atoms with van der Waals surface area (Å²) in [5, 5.41) is 11.7. The Kier molecular flexibility index (Phi) is 2.56. The summed E-state index contributed by atoms with van der Waals surface area (Å²) in [4.78, 5) is 0.538. The third kappa shape index (κ3) is 2.72. The van der Waals surface area contributed by atoms with E-state index in [1.165, 1.54) is 0 Å². The lowest BCUT2D eigenvalue weighted by Gasteiger charge is -2.31. The molecule has 2 nitrogen and oxygen atoms in total. The first-order valence-corrected chi connectivity index (χ1v) is 7.41. The Balaban J connectivity index is 1.94. The third-order valence-corrected chi connectivity index (χ3v) is 4.18. The van der Waals surface area contributed by atoms with Crippen molar-refractivity contribution in [3.63, 3.8) is 0 Å². The fourth-order valence-corrected chi connectivity index (χ4v) is 3.12. The third-order valence-electron chi connectivity index (χ3n) is 4.18. The van der Waals surface area contributed by atoms with E-state index in [1.807, 2.05) is 60.7 Å². The number of nitrogens with zero attached hydrogens (tertiary/aromatic N) is 1. The largest absolute Gasteiger partial charge is 0.380 e. The monoisotopic (exact) mass is 299 g/mol. The van der Waals surface area contributed by atoms with Gasteiger partial charge < -0.3 is 10.0 Å². The average molecular weight is 299 g/mol. The topological polar surface area (TPSA) is 23.5 Å². The molecule has 0 bridgehead atoms. The van der Waals surface area contributed by atoms with Gasteiger partial charge in [-0.05, 0) is 55.6 Å². The molecular formula is C20H23NO. The number of fused-ring (bicyclic) bond motifs is 2. The van der Waals surface area contributed by atoms with E-state index in [0.29, 0.717) is 4.90 Å². The van der Waals surface area contributed by atoms with Gasteiger partial charge in [0.05, 0.1) is 0 Å². The molecule has 0 aromatic heterocycles. The number of aliphatic hydroxyl groups is 1. The zero-order valence-corrected chi connectivity index (χ0v) is 12.3. The molecule has 0 spiro atoms. The van der Waals surface area contributed by atoms with E-state index in [-0.39, 0.29) is 19.4 Å². The molecule has 0 fully saturated rings. The Morgan fingerprint density at radius 1 is 0.955 bits per heavy atom. The minimum atomic E-state index is -2.73. The highest BCUT2D eigenvalue weighted by molar-refractivity contribution is 5.77.